The molecule has 0 aliphatic heterocycles. The molecule has 1 saturated carbocycles. The van der Waals surface area contributed by atoms with Crippen LogP contribution >= 0.6 is 0 Å². The summed E-state index contributed by atoms with van der Waals surface area (Å²) in [5.41, 5.74) is 5.59. The smallest absolute Gasteiger partial charge is 0.347 e. The number of aromatic amines is 1. The van der Waals surface area contributed by atoms with E-state index in [1.165, 1.54) is 16.2 Å². The van der Waals surface area contributed by atoms with E-state index in [4.69, 9.17) is 10.1 Å². The quantitative estimate of drug-likeness (QED) is 0.0543. The number of aliphatic hydroxyl groups is 1. The van der Waals surface area contributed by atoms with Gasteiger partial charge in [0.15, 0.2) is 11.4 Å². The summed E-state index contributed by atoms with van der Waals surface area (Å²) < 4.78 is 1.45. The standard InChI is InChI=1S/C54H56N8O9/c1-3-26-61(52(70)33(2)55-51(69)44(32-63)57-46(65)21-22-48(67)68)31-47(66)56-43(28-37-15-9-14-34-13-7-8-16-39(34)37)45(64)30-54(24-10-25-54)38-19-17-36(18-20-38)49-40(35-11-5-4-6-12-35)29-41-42(58-49)23-27-62-50(41)59-60-53(62)71/h4-9,11-20,23,27,29,33,43-44,63H,3,10,21-22,24-26,28,30-32H2,1-2H3,(H,55,69)(H,56,66)(H,57,65)(H,60,71)(H,67,68)/t33-,43+,44+/m1/s1. The highest BCUT2D eigenvalue weighted by molar-refractivity contribution is 5.99. The number of benzene rings is 4. The fourth-order valence-electron chi connectivity index (χ4n) is 9.50. The van der Waals surface area contributed by atoms with Gasteiger partial charge in [0.25, 0.3) is 0 Å². The lowest BCUT2D eigenvalue weighted by Gasteiger charge is -2.43. The van der Waals surface area contributed by atoms with Crippen molar-refractivity contribution < 1.29 is 39.0 Å². The molecule has 17 nitrogen and oxygen atoms in total. The molecule has 0 spiro atoms. The first-order chi connectivity index (χ1) is 34.3. The molecular formula is C54H56N8O9. The van der Waals surface area contributed by atoms with E-state index in [1.807, 2.05) is 97.9 Å². The number of aliphatic hydroxyl groups excluding tert-OH is 1. The van der Waals surface area contributed by atoms with Crippen LogP contribution in [0.4, 0.5) is 0 Å². The van der Waals surface area contributed by atoms with Gasteiger partial charge in [-0.25, -0.2) is 19.3 Å². The van der Waals surface area contributed by atoms with Crippen molar-refractivity contribution in [1.82, 2.24) is 40.4 Å². The summed E-state index contributed by atoms with van der Waals surface area (Å²) in [5, 5.41) is 35.9. The van der Waals surface area contributed by atoms with Crippen LogP contribution in [0.1, 0.15) is 69.9 Å². The number of aliphatic carboxylic acids is 1. The molecule has 366 valence electrons. The Kier molecular flexibility index (Phi) is 15.1. The van der Waals surface area contributed by atoms with Gasteiger partial charge < -0.3 is 31.1 Å². The Hall–Kier alpha value is -8.05. The third kappa shape index (κ3) is 11.0. The van der Waals surface area contributed by atoms with Gasteiger partial charge in [0, 0.05) is 53.9 Å². The number of hydrogen-bond donors (Lipinski definition) is 6. The van der Waals surface area contributed by atoms with Gasteiger partial charge in [-0.1, -0.05) is 110 Å². The molecule has 3 aromatic heterocycles. The maximum atomic E-state index is 14.9. The minimum absolute atomic E-state index is 0.153. The van der Waals surface area contributed by atoms with Crippen molar-refractivity contribution in [2.75, 3.05) is 19.7 Å². The van der Waals surface area contributed by atoms with Crippen LogP contribution in [0.2, 0.25) is 0 Å². The number of carboxylic acid groups (broad SMARTS) is 1. The number of hydrogen-bond acceptors (Lipinski definition) is 10. The molecule has 1 fully saturated rings. The number of pyridine rings is 2. The Bertz CT molecular complexity index is 3180. The van der Waals surface area contributed by atoms with Crippen molar-refractivity contribution in [2.24, 2.45) is 0 Å². The zero-order chi connectivity index (χ0) is 50.2. The Balaban J connectivity index is 1.02. The summed E-state index contributed by atoms with van der Waals surface area (Å²) in [6.45, 7) is 2.19. The summed E-state index contributed by atoms with van der Waals surface area (Å²) >= 11 is 0. The van der Waals surface area contributed by atoms with Gasteiger partial charge in [0.05, 0.1) is 36.8 Å². The third-order valence-corrected chi connectivity index (χ3v) is 13.4. The number of carboxylic acids is 1. The fraction of sp³-hybridized carbons (Fsp3) is 0.315. The average Bonchev–Trinajstić information content (AvgIpc) is 3.75. The minimum Gasteiger partial charge on any atom is -0.481 e. The molecular weight excluding hydrogens is 905 g/mol. The number of rotatable bonds is 21. The third-order valence-electron chi connectivity index (χ3n) is 13.4. The number of fused-ring (bicyclic) bond motifs is 4. The maximum Gasteiger partial charge on any atom is 0.347 e. The van der Waals surface area contributed by atoms with Gasteiger partial charge in [0.1, 0.15) is 12.1 Å². The Morgan fingerprint density at radius 2 is 1.54 bits per heavy atom. The van der Waals surface area contributed by atoms with E-state index >= 15 is 0 Å². The highest BCUT2D eigenvalue weighted by Gasteiger charge is 2.42. The molecule has 7 aromatic rings. The van der Waals surface area contributed by atoms with Gasteiger partial charge in [-0.3, -0.25) is 28.8 Å². The molecule has 4 aromatic carbocycles. The van der Waals surface area contributed by atoms with E-state index < -0.39 is 79.1 Å². The van der Waals surface area contributed by atoms with Gasteiger partial charge in [-0.15, -0.1) is 0 Å². The second-order valence-corrected chi connectivity index (χ2v) is 18.2. The van der Waals surface area contributed by atoms with E-state index in [0.717, 1.165) is 68.9 Å². The van der Waals surface area contributed by atoms with E-state index in [1.54, 1.807) is 12.3 Å². The lowest BCUT2D eigenvalue weighted by atomic mass is 9.61. The van der Waals surface area contributed by atoms with E-state index in [-0.39, 0.29) is 30.9 Å². The lowest BCUT2D eigenvalue weighted by molar-refractivity contribution is -0.140. The number of carbonyl (C=O) groups is 6. The second-order valence-electron chi connectivity index (χ2n) is 18.2. The van der Waals surface area contributed by atoms with Gasteiger partial charge in [-0.05, 0) is 65.8 Å². The van der Waals surface area contributed by atoms with Gasteiger partial charge >= 0.3 is 11.7 Å². The Labute approximate surface area is 408 Å². The number of nitrogens with zero attached hydrogens (tertiary/aromatic N) is 4. The number of H-pyrrole nitrogens is 1. The van der Waals surface area contributed by atoms with Crippen LogP contribution < -0.4 is 21.6 Å². The van der Waals surface area contributed by atoms with Crippen LogP contribution in [0.15, 0.2) is 120 Å². The summed E-state index contributed by atoms with van der Waals surface area (Å²) in [7, 11) is 0. The van der Waals surface area contributed by atoms with E-state index in [2.05, 4.69) is 38.3 Å². The minimum atomic E-state index is -1.44. The highest BCUT2D eigenvalue weighted by atomic mass is 16.4. The van der Waals surface area contributed by atoms with Crippen molar-refractivity contribution in [1.29, 1.82) is 0 Å². The van der Waals surface area contributed by atoms with Crippen LogP contribution in [0.25, 0.3) is 49.7 Å². The molecule has 71 heavy (non-hydrogen) atoms. The summed E-state index contributed by atoms with van der Waals surface area (Å²) in [5.74, 6) is -4.14. The predicted molar refractivity (Wildman–Crippen MR) is 267 cm³/mol. The first-order valence-electron chi connectivity index (χ1n) is 23.8. The molecule has 0 unspecified atom stereocenters. The van der Waals surface area contributed by atoms with Crippen molar-refractivity contribution in [3.05, 3.63) is 137 Å². The molecule has 6 N–H and O–H groups in total. The first-order valence-corrected chi connectivity index (χ1v) is 23.8. The van der Waals surface area contributed by atoms with Gasteiger partial charge in [-0.2, -0.15) is 5.10 Å². The summed E-state index contributed by atoms with van der Waals surface area (Å²) in [6, 6.07) is 32.0. The van der Waals surface area contributed by atoms with Crippen molar-refractivity contribution in [3.63, 3.8) is 0 Å². The fourth-order valence-corrected chi connectivity index (χ4v) is 9.50. The van der Waals surface area contributed by atoms with Crippen molar-refractivity contribution in [3.8, 4) is 22.4 Å². The first kappa shape index (κ1) is 49.4. The highest BCUT2D eigenvalue weighted by Crippen LogP contribution is 2.47. The van der Waals surface area contributed by atoms with Crippen LogP contribution in [0.3, 0.4) is 0 Å². The lowest BCUT2D eigenvalue weighted by Crippen LogP contribution is -2.56. The Morgan fingerprint density at radius 3 is 2.24 bits per heavy atom. The van der Waals surface area contributed by atoms with E-state index in [0.29, 0.717) is 17.6 Å². The van der Waals surface area contributed by atoms with Crippen LogP contribution in [0.5, 0.6) is 0 Å². The van der Waals surface area contributed by atoms with Crippen LogP contribution in [-0.4, -0.2) is 108 Å². The normalized spacial score (nSPS) is 14.2. The molecule has 1 aliphatic rings. The molecule has 4 amide bonds. The van der Waals surface area contributed by atoms with Crippen molar-refractivity contribution >= 4 is 62.7 Å². The zero-order valence-electron chi connectivity index (χ0n) is 39.5. The number of carbonyl (C=O) groups excluding carboxylic acids is 5. The summed E-state index contributed by atoms with van der Waals surface area (Å²) in [4.78, 5) is 97.7. The molecule has 3 atom stereocenters. The largest absolute Gasteiger partial charge is 0.481 e. The number of aromatic nitrogens is 4. The zero-order valence-corrected chi connectivity index (χ0v) is 39.5. The number of amides is 4. The number of Topliss-reactive ketones (excluding diaryl/α,β-unsaturated/α-hetero) is 1. The van der Waals surface area contributed by atoms with E-state index in [9.17, 15) is 38.7 Å². The number of nitrogens with one attached hydrogen (secondary N) is 4. The van der Waals surface area contributed by atoms with Crippen molar-refractivity contribution in [2.45, 2.75) is 88.8 Å². The number of ketones is 1. The van der Waals surface area contributed by atoms with Crippen LogP contribution in [0, 0.1) is 0 Å². The monoisotopic (exact) mass is 960 g/mol. The molecule has 3 heterocycles. The Morgan fingerprint density at radius 1 is 0.817 bits per heavy atom. The van der Waals surface area contributed by atoms with Crippen LogP contribution in [-0.2, 0) is 40.6 Å². The molecule has 8 rings (SSSR count). The predicted octanol–water partition coefficient (Wildman–Crippen LogP) is 5.25. The average molecular weight is 961 g/mol. The molecule has 0 bridgehead atoms. The maximum absolute atomic E-state index is 14.9. The summed E-state index contributed by atoms with van der Waals surface area (Å²) in [6.07, 6.45) is 4.06. The molecule has 1 aliphatic carbocycles. The molecule has 17 heteroatoms. The topological polar surface area (TPSA) is 245 Å². The SMILES string of the molecule is CCCN(CC(=O)N[C@@H](Cc1cccc2ccccc12)C(=O)CC1(c2ccc(-c3nc4ccn5c(=O)[nH]nc5c4cc3-c3ccccc3)cc2)CCC1)C(=O)[C@@H](C)NC(=O)[C@H](CO)NC(=O)CCC(=O)O. The second kappa shape index (κ2) is 21.7. The molecule has 0 saturated heterocycles. The van der Waals surface area contributed by atoms with Gasteiger partial charge in [0.2, 0.25) is 23.6 Å². The molecule has 0 radical (unpaired) electrons.